The second-order valence-electron chi connectivity index (χ2n) is 3.96. The summed E-state index contributed by atoms with van der Waals surface area (Å²) in [6.45, 7) is 0. The summed E-state index contributed by atoms with van der Waals surface area (Å²) in [5.74, 6) is 1.50. The number of halogens is 2. The van der Waals surface area contributed by atoms with Crippen LogP contribution in [0, 0.1) is 11.8 Å². The molecule has 2 heteroatoms. The summed E-state index contributed by atoms with van der Waals surface area (Å²) in [7, 11) is 0. The van der Waals surface area contributed by atoms with E-state index in [0.29, 0.717) is 5.92 Å². The molecule has 0 aromatic heterocycles. The van der Waals surface area contributed by atoms with E-state index in [-0.39, 0.29) is 4.33 Å². The molecule has 0 N–H and O–H groups in total. The van der Waals surface area contributed by atoms with Crippen LogP contribution >= 0.6 is 23.2 Å². The molecule has 0 aromatic rings. The Kier molecular flexibility index (Phi) is 2.09. The van der Waals surface area contributed by atoms with Crippen molar-refractivity contribution in [1.82, 2.24) is 0 Å². The largest absolute Gasteiger partial charge is 0.121 e. The maximum absolute atomic E-state index is 6.21. The zero-order valence-corrected chi connectivity index (χ0v) is 8.17. The number of rotatable bonds is 0. The van der Waals surface area contributed by atoms with Crippen LogP contribution in [0.2, 0.25) is 0 Å². The Bertz CT molecular complexity index is 154. The van der Waals surface area contributed by atoms with Crippen molar-refractivity contribution in [1.29, 1.82) is 0 Å². The predicted octanol–water partition coefficient (Wildman–Crippen LogP) is 3.76. The second kappa shape index (κ2) is 2.81. The summed E-state index contributed by atoms with van der Waals surface area (Å²) in [6.07, 6.45) is 7.60. The monoisotopic (exact) mass is 192 g/mol. The summed E-state index contributed by atoms with van der Waals surface area (Å²) < 4.78 is -0.370. The average Bonchev–Trinajstić information content (AvgIpc) is 2.63. The van der Waals surface area contributed by atoms with Gasteiger partial charge in [0.05, 0.1) is 0 Å². The average molecular weight is 193 g/mol. The zero-order valence-electron chi connectivity index (χ0n) is 6.65. The molecule has 0 bridgehead atoms. The molecule has 64 valence electrons. The summed E-state index contributed by atoms with van der Waals surface area (Å²) in [4.78, 5) is 0. The molecule has 0 amide bonds. The number of fused-ring (bicyclic) bond motifs is 1. The van der Waals surface area contributed by atoms with Gasteiger partial charge in [-0.2, -0.15) is 0 Å². The lowest BCUT2D eigenvalue weighted by atomic mass is 10.0. The van der Waals surface area contributed by atoms with Crippen molar-refractivity contribution in [2.24, 2.45) is 11.8 Å². The molecule has 11 heavy (non-hydrogen) atoms. The van der Waals surface area contributed by atoms with Crippen LogP contribution in [0.1, 0.15) is 38.5 Å². The van der Waals surface area contributed by atoms with Gasteiger partial charge in [0.15, 0.2) is 0 Å². The first kappa shape index (κ1) is 8.19. The first-order chi connectivity index (χ1) is 5.20. The topological polar surface area (TPSA) is 0 Å². The molecule has 2 saturated carbocycles. The van der Waals surface area contributed by atoms with Gasteiger partial charge < -0.3 is 0 Å². The number of hydrogen-bond donors (Lipinski definition) is 0. The van der Waals surface area contributed by atoms with Crippen LogP contribution in [0.5, 0.6) is 0 Å². The molecule has 2 rings (SSSR count). The molecule has 0 nitrogen and oxygen atoms in total. The van der Waals surface area contributed by atoms with Crippen LogP contribution in [-0.2, 0) is 0 Å². The predicted molar refractivity (Wildman–Crippen MR) is 49.1 cm³/mol. The molecular formula is C9H14Cl2. The van der Waals surface area contributed by atoms with Crippen molar-refractivity contribution in [3.8, 4) is 0 Å². The number of alkyl halides is 2. The zero-order chi connectivity index (χ0) is 7.90. The molecule has 2 atom stereocenters. The van der Waals surface area contributed by atoms with Gasteiger partial charge in [-0.05, 0) is 24.7 Å². The fourth-order valence-corrected chi connectivity index (χ4v) is 3.02. The third-order valence-electron chi connectivity index (χ3n) is 3.05. The maximum atomic E-state index is 6.21. The van der Waals surface area contributed by atoms with Gasteiger partial charge in [0, 0.05) is 0 Å². The minimum absolute atomic E-state index is 0.370. The van der Waals surface area contributed by atoms with Gasteiger partial charge in [-0.15, -0.1) is 23.2 Å². The second-order valence-corrected chi connectivity index (χ2v) is 5.51. The van der Waals surface area contributed by atoms with E-state index in [4.69, 9.17) is 23.2 Å². The van der Waals surface area contributed by atoms with E-state index in [9.17, 15) is 0 Å². The maximum Gasteiger partial charge on any atom is 0.121 e. The van der Waals surface area contributed by atoms with E-state index in [2.05, 4.69) is 0 Å². The smallest absolute Gasteiger partial charge is 0.101 e. The van der Waals surface area contributed by atoms with E-state index in [1.165, 1.54) is 32.1 Å². The molecule has 2 aliphatic rings. The van der Waals surface area contributed by atoms with E-state index in [1.807, 2.05) is 0 Å². The van der Waals surface area contributed by atoms with Crippen molar-refractivity contribution in [3.05, 3.63) is 0 Å². The van der Waals surface area contributed by atoms with Crippen molar-refractivity contribution >= 4 is 23.2 Å². The van der Waals surface area contributed by atoms with Crippen LogP contribution in [0.4, 0.5) is 0 Å². The molecule has 2 aliphatic carbocycles. The van der Waals surface area contributed by atoms with Gasteiger partial charge in [0.1, 0.15) is 4.33 Å². The summed E-state index contributed by atoms with van der Waals surface area (Å²) >= 11 is 12.4. The van der Waals surface area contributed by atoms with Crippen LogP contribution in [0.3, 0.4) is 0 Å². The van der Waals surface area contributed by atoms with Gasteiger partial charge in [-0.25, -0.2) is 0 Å². The summed E-state index contributed by atoms with van der Waals surface area (Å²) in [5, 5.41) is 0. The molecule has 0 radical (unpaired) electrons. The van der Waals surface area contributed by atoms with Gasteiger partial charge in [0.2, 0.25) is 0 Å². The third-order valence-corrected chi connectivity index (χ3v) is 3.99. The van der Waals surface area contributed by atoms with E-state index >= 15 is 0 Å². The summed E-state index contributed by atoms with van der Waals surface area (Å²) in [5.41, 5.74) is 0. The van der Waals surface area contributed by atoms with Crippen LogP contribution < -0.4 is 0 Å². The quantitative estimate of drug-likeness (QED) is 0.514. The normalized spacial score (nSPS) is 42.0. The minimum atomic E-state index is -0.370. The first-order valence-corrected chi connectivity index (χ1v) is 5.33. The highest BCUT2D eigenvalue weighted by molar-refractivity contribution is 6.48. The molecule has 0 spiro atoms. The van der Waals surface area contributed by atoms with E-state index < -0.39 is 0 Å². The molecule has 2 unspecified atom stereocenters. The van der Waals surface area contributed by atoms with E-state index in [0.717, 1.165) is 12.3 Å². The highest BCUT2D eigenvalue weighted by Gasteiger charge is 2.50. The molecular weight excluding hydrogens is 179 g/mol. The highest BCUT2D eigenvalue weighted by Crippen LogP contribution is 2.56. The Morgan fingerprint density at radius 3 is 2.73 bits per heavy atom. The number of hydrogen-bond acceptors (Lipinski definition) is 0. The lowest BCUT2D eigenvalue weighted by molar-refractivity contribution is 0.465. The van der Waals surface area contributed by atoms with Gasteiger partial charge >= 0.3 is 0 Å². The standard InChI is InChI=1S/C9H14Cl2/c10-9(11)5-3-1-2-4-7-6-8(7)9/h7-8H,1-6H2. The Morgan fingerprint density at radius 1 is 1.09 bits per heavy atom. The third kappa shape index (κ3) is 1.67. The van der Waals surface area contributed by atoms with Gasteiger partial charge in [0.25, 0.3) is 0 Å². The molecule has 0 aliphatic heterocycles. The first-order valence-electron chi connectivity index (χ1n) is 4.58. The lowest BCUT2D eigenvalue weighted by Crippen LogP contribution is -2.18. The van der Waals surface area contributed by atoms with Gasteiger partial charge in [-0.1, -0.05) is 25.7 Å². The summed E-state index contributed by atoms with van der Waals surface area (Å²) in [6, 6.07) is 0. The molecule has 0 aromatic carbocycles. The van der Waals surface area contributed by atoms with Crippen molar-refractivity contribution in [2.45, 2.75) is 42.9 Å². The van der Waals surface area contributed by atoms with Crippen LogP contribution in [0.25, 0.3) is 0 Å². The minimum Gasteiger partial charge on any atom is -0.101 e. The van der Waals surface area contributed by atoms with Crippen LogP contribution in [0.15, 0.2) is 0 Å². The Morgan fingerprint density at radius 2 is 1.91 bits per heavy atom. The fraction of sp³-hybridized carbons (Fsp3) is 1.00. The van der Waals surface area contributed by atoms with Crippen molar-refractivity contribution in [2.75, 3.05) is 0 Å². The van der Waals surface area contributed by atoms with Gasteiger partial charge in [-0.3, -0.25) is 0 Å². The Hall–Kier alpha value is 0.580. The van der Waals surface area contributed by atoms with E-state index in [1.54, 1.807) is 0 Å². The Balaban J connectivity index is 1.99. The van der Waals surface area contributed by atoms with Crippen LogP contribution in [-0.4, -0.2) is 4.33 Å². The lowest BCUT2D eigenvalue weighted by Gasteiger charge is -2.21. The SMILES string of the molecule is ClC1(Cl)CCCCCC2CC21. The highest BCUT2D eigenvalue weighted by atomic mass is 35.5. The molecule has 0 saturated heterocycles. The molecule has 0 heterocycles. The Labute approximate surface area is 78.3 Å². The molecule has 2 fully saturated rings. The van der Waals surface area contributed by atoms with Crippen molar-refractivity contribution < 1.29 is 0 Å². The fourth-order valence-electron chi connectivity index (χ4n) is 2.21. The van der Waals surface area contributed by atoms with Crippen molar-refractivity contribution in [3.63, 3.8) is 0 Å².